The maximum Gasteiger partial charge on any atom is 0.126 e. The molecule has 0 radical (unpaired) electrons. The third kappa shape index (κ3) is 3.33. The van der Waals surface area contributed by atoms with Gasteiger partial charge in [-0.15, -0.1) is 0 Å². The summed E-state index contributed by atoms with van der Waals surface area (Å²) in [4.78, 5) is 0. The molecule has 1 saturated carbocycles. The van der Waals surface area contributed by atoms with Gasteiger partial charge in [0.15, 0.2) is 0 Å². The molecule has 1 aliphatic rings. The molecule has 0 atom stereocenters. The number of hydrogen-bond acceptors (Lipinski definition) is 3. The Bertz CT molecular complexity index is 345. The highest BCUT2D eigenvalue weighted by Gasteiger charge is 2.22. The number of benzene rings is 1. The maximum absolute atomic E-state index is 9.51. The lowest BCUT2D eigenvalue weighted by Crippen LogP contribution is -2.00. The molecule has 0 aliphatic heterocycles. The maximum atomic E-state index is 9.51. The first-order chi connectivity index (χ1) is 7.78. The molecule has 0 unspecified atom stereocenters. The minimum atomic E-state index is 0.194. The summed E-state index contributed by atoms with van der Waals surface area (Å²) in [6.07, 6.45) is 3.48. The second kappa shape index (κ2) is 5.10. The summed E-state index contributed by atoms with van der Waals surface area (Å²) < 4.78 is 11.1. The summed E-state index contributed by atoms with van der Waals surface area (Å²) >= 11 is 0. The van der Waals surface area contributed by atoms with Gasteiger partial charge in [-0.25, -0.2) is 0 Å². The monoisotopic (exact) mass is 222 g/mol. The molecule has 0 aromatic heterocycles. The van der Waals surface area contributed by atoms with E-state index >= 15 is 0 Å². The van der Waals surface area contributed by atoms with Gasteiger partial charge in [0.1, 0.15) is 17.2 Å². The van der Waals surface area contributed by atoms with Crippen LogP contribution in [0.25, 0.3) is 0 Å². The Morgan fingerprint density at radius 3 is 2.50 bits per heavy atom. The van der Waals surface area contributed by atoms with Crippen LogP contribution in [0.1, 0.15) is 26.2 Å². The lowest BCUT2D eigenvalue weighted by molar-refractivity contribution is 0.288. The molecule has 1 fully saturated rings. The van der Waals surface area contributed by atoms with Gasteiger partial charge >= 0.3 is 0 Å². The number of phenols is 1. The van der Waals surface area contributed by atoms with Crippen LogP contribution in [0.2, 0.25) is 0 Å². The number of aromatic hydroxyl groups is 1. The van der Waals surface area contributed by atoms with Crippen molar-refractivity contribution in [2.24, 2.45) is 5.92 Å². The van der Waals surface area contributed by atoms with E-state index in [4.69, 9.17) is 9.47 Å². The fraction of sp³-hybridized carbons (Fsp3) is 0.538. The smallest absolute Gasteiger partial charge is 0.126 e. The van der Waals surface area contributed by atoms with Crippen LogP contribution >= 0.6 is 0 Å². The molecule has 0 heterocycles. The number of hydrogen-bond donors (Lipinski definition) is 1. The molecule has 3 heteroatoms. The lowest BCUT2D eigenvalue weighted by atomic mass is 10.3. The van der Waals surface area contributed by atoms with Crippen molar-refractivity contribution in [3.05, 3.63) is 18.2 Å². The number of rotatable bonds is 6. The Hall–Kier alpha value is -1.38. The summed E-state index contributed by atoms with van der Waals surface area (Å²) in [6.45, 7) is 3.45. The fourth-order valence-electron chi connectivity index (χ4n) is 1.44. The molecule has 1 aromatic carbocycles. The Kier molecular flexibility index (Phi) is 3.54. The minimum absolute atomic E-state index is 0.194. The molecule has 0 amide bonds. The van der Waals surface area contributed by atoms with Gasteiger partial charge in [-0.05, 0) is 25.2 Å². The van der Waals surface area contributed by atoms with E-state index in [9.17, 15) is 5.11 Å². The first-order valence-corrected chi connectivity index (χ1v) is 5.87. The van der Waals surface area contributed by atoms with Gasteiger partial charge in [-0.2, -0.15) is 0 Å². The standard InChI is InChI=1S/C13H18O3/c1-2-5-15-12-6-11(14)7-13(8-12)16-9-10-3-4-10/h6-8,10,14H,2-5,9H2,1H3. The SMILES string of the molecule is CCCOc1cc(O)cc(OCC2CC2)c1. The topological polar surface area (TPSA) is 38.7 Å². The molecule has 16 heavy (non-hydrogen) atoms. The second-order valence-electron chi connectivity index (χ2n) is 4.27. The van der Waals surface area contributed by atoms with Gasteiger partial charge in [-0.3, -0.25) is 0 Å². The van der Waals surface area contributed by atoms with E-state index in [1.807, 2.05) is 13.0 Å². The third-order valence-electron chi connectivity index (χ3n) is 2.52. The van der Waals surface area contributed by atoms with Gasteiger partial charge in [0.25, 0.3) is 0 Å². The van der Waals surface area contributed by atoms with Crippen LogP contribution < -0.4 is 9.47 Å². The number of ether oxygens (including phenoxy) is 2. The summed E-state index contributed by atoms with van der Waals surface area (Å²) in [5.74, 6) is 2.27. The Balaban J connectivity index is 1.96. The summed E-state index contributed by atoms with van der Waals surface area (Å²) in [5.41, 5.74) is 0. The fourth-order valence-corrected chi connectivity index (χ4v) is 1.44. The van der Waals surface area contributed by atoms with E-state index in [1.165, 1.54) is 12.8 Å². The summed E-state index contributed by atoms with van der Waals surface area (Å²) in [7, 11) is 0. The molecule has 0 saturated heterocycles. The molecule has 1 aromatic rings. The minimum Gasteiger partial charge on any atom is -0.508 e. The van der Waals surface area contributed by atoms with E-state index in [0.717, 1.165) is 13.0 Å². The third-order valence-corrected chi connectivity index (χ3v) is 2.52. The van der Waals surface area contributed by atoms with E-state index in [2.05, 4.69) is 0 Å². The predicted molar refractivity (Wildman–Crippen MR) is 62.1 cm³/mol. The van der Waals surface area contributed by atoms with Crippen molar-refractivity contribution < 1.29 is 14.6 Å². The van der Waals surface area contributed by atoms with Gasteiger partial charge in [0.2, 0.25) is 0 Å². The molecule has 88 valence electrons. The van der Waals surface area contributed by atoms with Crippen LogP contribution in [0, 0.1) is 5.92 Å². The van der Waals surface area contributed by atoms with Crippen molar-refractivity contribution in [1.29, 1.82) is 0 Å². The highest BCUT2D eigenvalue weighted by molar-refractivity contribution is 5.41. The lowest BCUT2D eigenvalue weighted by Gasteiger charge is -2.09. The average Bonchev–Trinajstić information content (AvgIpc) is 3.07. The van der Waals surface area contributed by atoms with Crippen LogP contribution in [-0.4, -0.2) is 18.3 Å². The largest absolute Gasteiger partial charge is 0.508 e. The molecule has 1 aliphatic carbocycles. The van der Waals surface area contributed by atoms with Crippen molar-refractivity contribution >= 4 is 0 Å². The van der Waals surface area contributed by atoms with Crippen LogP contribution in [0.5, 0.6) is 17.2 Å². The van der Waals surface area contributed by atoms with E-state index in [0.29, 0.717) is 24.0 Å². The van der Waals surface area contributed by atoms with Gasteiger partial charge in [0.05, 0.1) is 13.2 Å². The second-order valence-corrected chi connectivity index (χ2v) is 4.27. The van der Waals surface area contributed by atoms with E-state index < -0.39 is 0 Å². The highest BCUT2D eigenvalue weighted by atomic mass is 16.5. The van der Waals surface area contributed by atoms with Crippen molar-refractivity contribution in [3.8, 4) is 17.2 Å². The summed E-state index contributed by atoms with van der Waals surface area (Å²) in [5, 5.41) is 9.51. The van der Waals surface area contributed by atoms with E-state index in [1.54, 1.807) is 12.1 Å². The normalized spacial score (nSPS) is 14.8. The highest BCUT2D eigenvalue weighted by Crippen LogP contribution is 2.32. The van der Waals surface area contributed by atoms with Crippen LogP contribution in [-0.2, 0) is 0 Å². The quantitative estimate of drug-likeness (QED) is 0.804. The first kappa shape index (κ1) is 11.1. The molecule has 3 nitrogen and oxygen atoms in total. The van der Waals surface area contributed by atoms with Crippen LogP contribution in [0.15, 0.2) is 18.2 Å². The molecular formula is C13H18O3. The zero-order valence-electron chi connectivity index (χ0n) is 9.61. The Morgan fingerprint density at radius 2 is 1.88 bits per heavy atom. The molecule has 2 rings (SSSR count). The van der Waals surface area contributed by atoms with E-state index in [-0.39, 0.29) is 5.75 Å². The predicted octanol–water partition coefficient (Wildman–Crippen LogP) is 2.97. The average molecular weight is 222 g/mol. The molecule has 0 bridgehead atoms. The summed E-state index contributed by atoms with van der Waals surface area (Å²) in [6, 6.07) is 5.07. The van der Waals surface area contributed by atoms with Gasteiger partial charge in [0, 0.05) is 18.2 Å². The zero-order valence-corrected chi connectivity index (χ0v) is 9.61. The van der Waals surface area contributed by atoms with Gasteiger partial charge in [-0.1, -0.05) is 6.92 Å². The molecular weight excluding hydrogens is 204 g/mol. The molecule has 1 N–H and O–H groups in total. The van der Waals surface area contributed by atoms with Crippen LogP contribution in [0.3, 0.4) is 0 Å². The Morgan fingerprint density at radius 1 is 1.19 bits per heavy atom. The first-order valence-electron chi connectivity index (χ1n) is 5.87. The number of phenolic OH excluding ortho intramolecular Hbond substituents is 1. The van der Waals surface area contributed by atoms with Crippen molar-refractivity contribution in [2.45, 2.75) is 26.2 Å². The van der Waals surface area contributed by atoms with Crippen molar-refractivity contribution in [2.75, 3.05) is 13.2 Å². The Labute approximate surface area is 96.0 Å². The zero-order chi connectivity index (χ0) is 11.4. The molecule has 0 spiro atoms. The van der Waals surface area contributed by atoms with Crippen molar-refractivity contribution in [1.82, 2.24) is 0 Å². The van der Waals surface area contributed by atoms with Gasteiger partial charge < -0.3 is 14.6 Å². The van der Waals surface area contributed by atoms with Crippen molar-refractivity contribution in [3.63, 3.8) is 0 Å². The van der Waals surface area contributed by atoms with Crippen LogP contribution in [0.4, 0.5) is 0 Å².